The van der Waals surface area contributed by atoms with Gasteiger partial charge in [-0.2, -0.15) is 0 Å². The molecule has 1 unspecified atom stereocenters. The molecule has 1 atom stereocenters. The average Bonchev–Trinajstić information content (AvgIpc) is 2.26. The van der Waals surface area contributed by atoms with Crippen LogP contribution in [-0.2, 0) is 0 Å². The first-order chi connectivity index (χ1) is 7.63. The number of hydrogen-bond acceptors (Lipinski definition) is 2. The molecule has 0 aromatic carbocycles. The fourth-order valence-corrected chi connectivity index (χ4v) is 2.40. The quantitative estimate of drug-likeness (QED) is 0.428. The standard InChI is InChI=1S/C11H23N5/c1-2-9(8-6-4-3-5-7-8)15-11(14)16-10(12)13/h8-9H,2-7H2,1H3,(H6,12,13,14,15,16). The van der Waals surface area contributed by atoms with E-state index in [1.807, 2.05) is 0 Å². The van der Waals surface area contributed by atoms with Gasteiger partial charge in [-0.3, -0.25) is 10.7 Å². The van der Waals surface area contributed by atoms with Crippen molar-refractivity contribution in [1.82, 2.24) is 5.32 Å². The Morgan fingerprint density at radius 2 is 2.00 bits per heavy atom. The number of nitrogens with zero attached hydrogens (tertiary/aromatic N) is 1. The molecule has 0 aliphatic heterocycles. The Bertz CT molecular complexity index is 255. The van der Waals surface area contributed by atoms with E-state index in [2.05, 4.69) is 17.2 Å². The summed E-state index contributed by atoms with van der Waals surface area (Å²) in [5.41, 5.74) is 10.9. The van der Waals surface area contributed by atoms with Crippen molar-refractivity contribution in [2.45, 2.75) is 51.5 Å². The maximum atomic E-state index is 7.08. The second-order valence-electron chi connectivity index (χ2n) is 4.43. The van der Waals surface area contributed by atoms with Gasteiger partial charge in [0.1, 0.15) is 0 Å². The highest BCUT2D eigenvalue weighted by Gasteiger charge is 2.21. The molecule has 1 fully saturated rings. The molecule has 0 heterocycles. The van der Waals surface area contributed by atoms with Gasteiger partial charge in [0.25, 0.3) is 0 Å². The fourth-order valence-electron chi connectivity index (χ4n) is 2.40. The van der Waals surface area contributed by atoms with Crippen LogP contribution in [0.15, 0.2) is 4.99 Å². The number of guanidine groups is 2. The van der Waals surface area contributed by atoms with Crippen LogP contribution in [0.1, 0.15) is 45.4 Å². The maximum Gasteiger partial charge on any atom is 0.195 e. The molecule has 0 radical (unpaired) electrons. The normalized spacial score (nSPS) is 20.4. The first kappa shape index (κ1) is 12.8. The monoisotopic (exact) mass is 225 g/mol. The summed E-state index contributed by atoms with van der Waals surface area (Å²) in [5.74, 6) is 0.760. The summed E-state index contributed by atoms with van der Waals surface area (Å²) < 4.78 is 0. The van der Waals surface area contributed by atoms with Crippen LogP contribution >= 0.6 is 0 Å². The molecule has 5 heteroatoms. The zero-order valence-electron chi connectivity index (χ0n) is 10.00. The van der Waals surface area contributed by atoms with E-state index in [4.69, 9.17) is 16.9 Å². The molecular formula is C11H23N5. The van der Waals surface area contributed by atoms with E-state index in [0.717, 1.165) is 6.42 Å². The van der Waals surface area contributed by atoms with Gasteiger partial charge in [-0.25, -0.2) is 4.99 Å². The molecule has 16 heavy (non-hydrogen) atoms. The third kappa shape index (κ3) is 4.08. The lowest BCUT2D eigenvalue weighted by Gasteiger charge is -2.27. The smallest absolute Gasteiger partial charge is 0.195 e. The predicted molar refractivity (Wildman–Crippen MR) is 67.3 cm³/mol. The molecule has 0 spiro atoms. The van der Waals surface area contributed by atoms with E-state index in [1.54, 1.807) is 0 Å². The third-order valence-electron chi connectivity index (χ3n) is 3.18. The van der Waals surface area contributed by atoms with Crippen molar-refractivity contribution < 1.29 is 0 Å². The van der Waals surface area contributed by atoms with Crippen LogP contribution < -0.4 is 16.8 Å². The zero-order valence-corrected chi connectivity index (χ0v) is 10.00. The van der Waals surface area contributed by atoms with Crippen LogP contribution in [0.5, 0.6) is 0 Å². The molecule has 92 valence electrons. The lowest BCUT2D eigenvalue weighted by Crippen LogP contribution is -2.42. The summed E-state index contributed by atoms with van der Waals surface area (Å²) in [6, 6.07) is 0.271. The molecule has 0 aromatic rings. The average molecular weight is 225 g/mol. The van der Waals surface area contributed by atoms with Gasteiger partial charge in [0.05, 0.1) is 6.04 Å². The van der Waals surface area contributed by atoms with E-state index in [0.29, 0.717) is 5.92 Å². The Morgan fingerprint density at radius 1 is 1.38 bits per heavy atom. The van der Waals surface area contributed by atoms with Gasteiger partial charge in [0, 0.05) is 0 Å². The molecule has 1 saturated carbocycles. The first-order valence-electron chi connectivity index (χ1n) is 6.07. The van der Waals surface area contributed by atoms with Crippen molar-refractivity contribution in [2.24, 2.45) is 22.4 Å². The second-order valence-corrected chi connectivity index (χ2v) is 4.43. The number of rotatable bonds is 3. The van der Waals surface area contributed by atoms with Crippen LogP contribution in [0.4, 0.5) is 0 Å². The molecule has 1 rings (SSSR count). The molecule has 1 aliphatic carbocycles. The van der Waals surface area contributed by atoms with Crippen molar-refractivity contribution >= 4 is 11.9 Å². The van der Waals surface area contributed by atoms with Crippen LogP contribution in [0.3, 0.4) is 0 Å². The van der Waals surface area contributed by atoms with Crippen LogP contribution in [0.2, 0.25) is 0 Å². The lowest BCUT2D eigenvalue weighted by atomic mass is 9.83. The highest BCUT2D eigenvalue weighted by atomic mass is 15.2. The molecular weight excluding hydrogens is 202 g/mol. The van der Waals surface area contributed by atoms with E-state index in [1.165, 1.54) is 32.1 Å². The molecule has 0 bridgehead atoms. The Hall–Kier alpha value is -1.26. The number of hydrogen-bond donors (Lipinski definition) is 4. The van der Waals surface area contributed by atoms with Gasteiger partial charge in [-0.15, -0.1) is 0 Å². The van der Waals surface area contributed by atoms with Crippen molar-refractivity contribution in [3.63, 3.8) is 0 Å². The molecule has 1 aliphatic rings. The highest BCUT2D eigenvalue weighted by molar-refractivity contribution is 5.95. The van der Waals surface area contributed by atoms with Crippen molar-refractivity contribution in [3.05, 3.63) is 0 Å². The third-order valence-corrected chi connectivity index (χ3v) is 3.18. The SMILES string of the molecule is CCC(N=C(N)NC(=N)N)C1CCCCC1. The van der Waals surface area contributed by atoms with Crippen molar-refractivity contribution in [1.29, 1.82) is 5.41 Å². The van der Waals surface area contributed by atoms with Crippen molar-refractivity contribution in [2.75, 3.05) is 0 Å². The molecule has 5 nitrogen and oxygen atoms in total. The fraction of sp³-hybridized carbons (Fsp3) is 0.818. The minimum Gasteiger partial charge on any atom is -0.370 e. The maximum absolute atomic E-state index is 7.08. The van der Waals surface area contributed by atoms with Crippen LogP contribution in [0, 0.1) is 11.3 Å². The van der Waals surface area contributed by atoms with Crippen LogP contribution in [-0.4, -0.2) is 18.0 Å². The minimum absolute atomic E-state index is 0.153. The Morgan fingerprint density at radius 3 is 2.50 bits per heavy atom. The van der Waals surface area contributed by atoms with E-state index in [9.17, 15) is 0 Å². The summed E-state index contributed by atoms with van der Waals surface area (Å²) >= 11 is 0. The van der Waals surface area contributed by atoms with E-state index < -0.39 is 0 Å². The molecule has 0 amide bonds. The highest BCUT2D eigenvalue weighted by Crippen LogP contribution is 2.29. The Labute approximate surface area is 97.2 Å². The summed E-state index contributed by atoms with van der Waals surface area (Å²) in [7, 11) is 0. The van der Waals surface area contributed by atoms with E-state index >= 15 is 0 Å². The first-order valence-corrected chi connectivity index (χ1v) is 6.07. The number of aliphatic imine (C=N–C) groups is 1. The lowest BCUT2D eigenvalue weighted by molar-refractivity contribution is 0.301. The number of nitrogens with one attached hydrogen (secondary N) is 2. The van der Waals surface area contributed by atoms with Gasteiger partial charge in [0.15, 0.2) is 11.9 Å². The topological polar surface area (TPSA) is 100 Å². The summed E-state index contributed by atoms with van der Waals surface area (Å²) in [6.45, 7) is 2.13. The van der Waals surface area contributed by atoms with Gasteiger partial charge < -0.3 is 11.5 Å². The summed E-state index contributed by atoms with van der Waals surface area (Å²) in [4.78, 5) is 4.42. The van der Waals surface area contributed by atoms with Crippen molar-refractivity contribution in [3.8, 4) is 0 Å². The molecule has 0 aromatic heterocycles. The van der Waals surface area contributed by atoms with Crippen LogP contribution in [0.25, 0.3) is 0 Å². The van der Waals surface area contributed by atoms with Gasteiger partial charge in [-0.1, -0.05) is 26.2 Å². The predicted octanol–water partition coefficient (Wildman–Crippen LogP) is 1.14. The summed E-state index contributed by atoms with van der Waals surface area (Å²) in [6.07, 6.45) is 7.43. The van der Waals surface area contributed by atoms with Gasteiger partial charge in [-0.05, 0) is 25.2 Å². The number of nitrogens with two attached hydrogens (primary N) is 2. The molecule has 6 N–H and O–H groups in total. The van der Waals surface area contributed by atoms with E-state index in [-0.39, 0.29) is 18.0 Å². The second kappa shape index (κ2) is 6.35. The largest absolute Gasteiger partial charge is 0.370 e. The minimum atomic E-state index is -0.153. The molecule has 0 saturated heterocycles. The Balaban J connectivity index is 2.55. The zero-order chi connectivity index (χ0) is 12.0. The Kier molecular flexibility index (Phi) is 5.08. The summed E-state index contributed by atoms with van der Waals surface area (Å²) in [5, 5.41) is 9.61. The van der Waals surface area contributed by atoms with Gasteiger partial charge in [0.2, 0.25) is 0 Å². The van der Waals surface area contributed by atoms with Gasteiger partial charge >= 0.3 is 0 Å².